The lowest BCUT2D eigenvalue weighted by atomic mass is 9.87. The Morgan fingerprint density at radius 3 is 2.46 bits per heavy atom. The molecule has 146 valence electrons. The summed E-state index contributed by atoms with van der Waals surface area (Å²) in [5, 5.41) is 9.59. The van der Waals surface area contributed by atoms with Crippen LogP contribution in [0.15, 0.2) is 53.7 Å². The van der Waals surface area contributed by atoms with Crippen molar-refractivity contribution in [2.24, 2.45) is 7.05 Å². The zero-order chi connectivity index (χ0) is 19.7. The highest BCUT2D eigenvalue weighted by atomic mass is 32.2. The molecule has 0 spiro atoms. The van der Waals surface area contributed by atoms with Crippen molar-refractivity contribution >= 4 is 11.8 Å². The number of aromatic nitrogens is 3. The summed E-state index contributed by atoms with van der Waals surface area (Å²) in [6.45, 7) is 7.12. The van der Waals surface area contributed by atoms with Gasteiger partial charge in [0.05, 0.1) is 0 Å². The van der Waals surface area contributed by atoms with Crippen molar-refractivity contribution in [3.8, 4) is 11.5 Å². The van der Waals surface area contributed by atoms with Crippen molar-refractivity contribution in [1.82, 2.24) is 14.8 Å². The van der Waals surface area contributed by atoms with E-state index in [0.29, 0.717) is 6.61 Å². The largest absolute Gasteiger partial charge is 0.485 e. The van der Waals surface area contributed by atoms with Crippen molar-refractivity contribution in [1.29, 1.82) is 0 Å². The number of hydrogen-bond acceptors (Lipinski definition) is 5. The Morgan fingerprint density at radius 1 is 1.04 bits per heavy atom. The van der Waals surface area contributed by atoms with Gasteiger partial charge < -0.3 is 14.0 Å². The molecule has 1 aliphatic heterocycles. The van der Waals surface area contributed by atoms with Crippen molar-refractivity contribution in [2.45, 2.75) is 43.2 Å². The molecule has 1 atom stereocenters. The number of rotatable bonds is 4. The van der Waals surface area contributed by atoms with Gasteiger partial charge in [-0.15, -0.1) is 10.2 Å². The van der Waals surface area contributed by atoms with Gasteiger partial charge in [-0.2, -0.15) is 0 Å². The molecule has 0 unspecified atom stereocenters. The van der Waals surface area contributed by atoms with E-state index in [1.165, 1.54) is 11.1 Å². The topological polar surface area (TPSA) is 49.2 Å². The minimum atomic E-state index is -0.257. The summed E-state index contributed by atoms with van der Waals surface area (Å²) >= 11 is 1.68. The van der Waals surface area contributed by atoms with Gasteiger partial charge in [0.15, 0.2) is 28.6 Å². The summed E-state index contributed by atoms with van der Waals surface area (Å²) in [4.78, 5) is 0. The van der Waals surface area contributed by atoms with Gasteiger partial charge >= 0.3 is 0 Å². The molecule has 1 aromatic heterocycles. The molecule has 1 aliphatic rings. The smallest absolute Gasteiger partial charge is 0.192 e. The Morgan fingerprint density at radius 2 is 1.75 bits per heavy atom. The van der Waals surface area contributed by atoms with Crippen molar-refractivity contribution in [3.63, 3.8) is 0 Å². The molecule has 4 rings (SSSR count). The number of hydrogen-bond donors (Lipinski definition) is 0. The molecule has 0 aliphatic carbocycles. The Labute approximate surface area is 170 Å². The molecule has 0 bridgehead atoms. The first kappa shape index (κ1) is 18.9. The van der Waals surface area contributed by atoms with Crippen LogP contribution in [0.2, 0.25) is 0 Å². The molecular formula is C22H25N3O2S. The van der Waals surface area contributed by atoms with Gasteiger partial charge in [-0.3, -0.25) is 0 Å². The Bertz CT molecular complexity index is 961. The Balaban J connectivity index is 1.43. The molecule has 0 N–H and O–H groups in total. The summed E-state index contributed by atoms with van der Waals surface area (Å²) in [6.07, 6.45) is -0.257. The predicted octanol–water partition coefficient (Wildman–Crippen LogP) is 4.92. The molecule has 2 aromatic carbocycles. The second-order valence-corrected chi connectivity index (χ2v) is 8.94. The summed E-state index contributed by atoms with van der Waals surface area (Å²) in [6, 6.07) is 16.5. The van der Waals surface area contributed by atoms with Crippen LogP contribution in [0.5, 0.6) is 11.5 Å². The highest BCUT2D eigenvalue weighted by Crippen LogP contribution is 2.36. The van der Waals surface area contributed by atoms with Gasteiger partial charge in [0.2, 0.25) is 0 Å². The van der Waals surface area contributed by atoms with Crippen LogP contribution in [0.3, 0.4) is 0 Å². The van der Waals surface area contributed by atoms with E-state index in [4.69, 9.17) is 9.47 Å². The molecule has 2 heterocycles. The lowest BCUT2D eigenvalue weighted by Crippen LogP contribution is -2.24. The number of thioether (sulfide) groups is 1. The minimum Gasteiger partial charge on any atom is -0.485 e. The molecule has 28 heavy (non-hydrogen) atoms. The first-order valence-corrected chi connectivity index (χ1v) is 10.4. The zero-order valence-electron chi connectivity index (χ0n) is 16.7. The maximum atomic E-state index is 6.06. The van der Waals surface area contributed by atoms with Gasteiger partial charge in [-0.1, -0.05) is 68.9 Å². The Hall–Kier alpha value is -2.47. The standard InChI is InChI=1S/C22H25N3O2S/c1-22(2,3)16-11-9-15(10-12-16)14-28-21-24-23-20(25(21)4)19-13-26-17-7-5-6-8-18(17)27-19/h5-12,19H,13-14H2,1-4H3/t19-/m1/s1. The van der Waals surface area contributed by atoms with Gasteiger partial charge in [0.1, 0.15) is 6.61 Å². The predicted molar refractivity (Wildman–Crippen MR) is 111 cm³/mol. The third-order valence-electron chi connectivity index (χ3n) is 4.85. The van der Waals surface area contributed by atoms with Gasteiger partial charge in [-0.25, -0.2) is 0 Å². The number of ether oxygens (including phenoxy) is 2. The first-order chi connectivity index (χ1) is 13.4. The van der Waals surface area contributed by atoms with Crippen LogP contribution in [0.4, 0.5) is 0 Å². The second kappa shape index (κ2) is 7.51. The third kappa shape index (κ3) is 3.87. The van der Waals surface area contributed by atoms with Crippen LogP contribution in [0.25, 0.3) is 0 Å². The average Bonchev–Trinajstić information content (AvgIpc) is 3.06. The van der Waals surface area contributed by atoms with Gasteiger partial charge in [0.25, 0.3) is 0 Å². The highest BCUT2D eigenvalue weighted by molar-refractivity contribution is 7.98. The van der Waals surface area contributed by atoms with Crippen LogP contribution in [-0.2, 0) is 18.2 Å². The Kier molecular flexibility index (Phi) is 5.06. The zero-order valence-corrected chi connectivity index (χ0v) is 17.5. The molecule has 0 saturated heterocycles. The summed E-state index contributed by atoms with van der Waals surface area (Å²) in [7, 11) is 1.98. The average molecular weight is 396 g/mol. The molecule has 6 heteroatoms. The molecular weight excluding hydrogens is 370 g/mol. The summed E-state index contributed by atoms with van der Waals surface area (Å²) in [5.41, 5.74) is 2.79. The lowest BCUT2D eigenvalue weighted by molar-refractivity contribution is 0.0825. The van der Waals surface area contributed by atoms with E-state index in [1.807, 2.05) is 35.9 Å². The first-order valence-electron chi connectivity index (χ1n) is 9.42. The number of para-hydroxylation sites is 2. The van der Waals surface area contributed by atoms with Crippen LogP contribution in [0.1, 0.15) is 43.8 Å². The quantitative estimate of drug-likeness (QED) is 0.587. The molecule has 5 nitrogen and oxygen atoms in total. The molecule has 0 saturated carbocycles. The van der Waals surface area contributed by atoms with Crippen LogP contribution in [-0.4, -0.2) is 21.4 Å². The van der Waals surface area contributed by atoms with E-state index in [9.17, 15) is 0 Å². The SMILES string of the molecule is Cn1c(SCc2ccc(C(C)(C)C)cc2)nnc1[C@H]1COc2ccccc2O1. The second-order valence-electron chi connectivity index (χ2n) is 8.00. The summed E-state index contributed by atoms with van der Waals surface area (Å²) in [5.74, 6) is 3.14. The van der Waals surface area contributed by atoms with E-state index >= 15 is 0 Å². The number of fused-ring (bicyclic) bond motifs is 1. The maximum Gasteiger partial charge on any atom is 0.192 e. The van der Waals surface area contributed by atoms with Crippen LogP contribution >= 0.6 is 11.8 Å². The van der Waals surface area contributed by atoms with Crippen molar-refractivity contribution in [2.75, 3.05) is 6.61 Å². The van der Waals surface area contributed by atoms with E-state index in [1.54, 1.807) is 11.8 Å². The van der Waals surface area contributed by atoms with Crippen molar-refractivity contribution in [3.05, 3.63) is 65.5 Å². The van der Waals surface area contributed by atoms with Gasteiger partial charge in [0, 0.05) is 12.8 Å². The fourth-order valence-electron chi connectivity index (χ4n) is 3.13. The van der Waals surface area contributed by atoms with Gasteiger partial charge in [-0.05, 0) is 28.7 Å². The third-order valence-corrected chi connectivity index (χ3v) is 5.94. The molecule has 0 radical (unpaired) electrons. The summed E-state index contributed by atoms with van der Waals surface area (Å²) < 4.78 is 13.9. The molecule has 3 aromatic rings. The monoisotopic (exact) mass is 395 g/mol. The number of benzene rings is 2. The van der Waals surface area contributed by atoms with E-state index in [0.717, 1.165) is 28.2 Å². The van der Waals surface area contributed by atoms with E-state index in [2.05, 4.69) is 55.2 Å². The lowest BCUT2D eigenvalue weighted by Gasteiger charge is -2.25. The van der Waals surface area contributed by atoms with Crippen LogP contribution in [0, 0.1) is 0 Å². The fourth-order valence-corrected chi connectivity index (χ4v) is 4.00. The van der Waals surface area contributed by atoms with Crippen LogP contribution < -0.4 is 9.47 Å². The molecule has 0 fully saturated rings. The number of nitrogens with zero attached hydrogens (tertiary/aromatic N) is 3. The van der Waals surface area contributed by atoms with E-state index in [-0.39, 0.29) is 11.5 Å². The minimum absolute atomic E-state index is 0.171. The normalized spacial score (nSPS) is 16.2. The fraction of sp³-hybridized carbons (Fsp3) is 0.364. The highest BCUT2D eigenvalue weighted by Gasteiger charge is 2.27. The van der Waals surface area contributed by atoms with Crippen molar-refractivity contribution < 1.29 is 9.47 Å². The van der Waals surface area contributed by atoms with E-state index < -0.39 is 0 Å². The maximum absolute atomic E-state index is 6.06. The molecule has 0 amide bonds.